The van der Waals surface area contributed by atoms with E-state index in [9.17, 15) is 9.59 Å². The minimum atomic E-state index is -0.515. The lowest BCUT2D eigenvalue weighted by Gasteiger charge is -2.08. The Morgan fingerprint density at radius 3 is 1.23 bits per heavy atom. The molecule has 0 unspecified atom stereocenters. The van der Waals surface area contributed by atoms with E-state index in [0.29, 0.717) is 11.1 Å². The number of rotatable bonds is 22. The van der Waals surface area contributed by atoms with Crippen LogP contribution in [0.5, 0.6) is 11.5 Å². The SMILES string of the molecule is CCCCCCCCc1ccc(N=Cc2ccc(C(=O)Oc3cccc(OC(=O)c4ccc(C=Nc5ccc(CCCCCCCC)cc5)cc4)c3)cc2)cc1. The molecule has 56 heavy (non-hydrogen) atoms. The second kappa shape index (κ2) is 23.3. The van der Waals surface area contributed by atoms with Gasteiger partial charge in [0.25, 0.3) is 0 Å². The van der Waals surface area contributed by atoms with Crippen molar-refractivity contribution in [1.82, 2.24) is 0 Å². The van der Waals surface area contributed by atoms with Crippen molar-refractivity contribution in [3.8, 4) is 11.5 Å². The summed E-state index contributed by atoms with van der Waals surface area (Å²) in [5.74, 6) is -0.487. The number of unbranched alkanes of at least 4 members (excludes halogenated alkanes) is 10. The van der Waals surface area contributed by atoms with Crippen LogP contribution in [0.4, 0.5) is 11.4 Å². The van der Waals surface area contributed by atoms with Crippen LogP contribution in [0.2, 0.25) is 0 Å². The first-order valence-electron chi connectivity index (χ1n) is 20.5. The van der Waals surface area contributed by atoms with Gasteiger partial charge in [-0.25, -0.2) is 9.59 Å². The Balaban J connectivity index is 1.05. The van der Waals surface area contributed by atoms with Crippen LogP contribution in [0.3, 0.4) is 0 Å². The molecule has 6 nitrogen and oxygen atoms in total. The van der Waals surface area contributed by atoms with Gasteiger partial charge in [0.05, 0.1) is 22.5 Å². The van der Waals surface area contributed by atoms with Gasteiger partial charge < -0.3 is 9.47 Å². The zero-order chi connectivity index (χ0) is 39.2. The van der Waals surface area contributed by atoms with Crippen molar-refractivity contribution < 1.29 is 19.1 Å². The maximum absolute atomic E-state index is 12.9. The third kappa shape index (κ3) is 14.6. The van der Waals surface area contributed by atoms with Crippen molar-refractivity contribution in [1.29, 1.82) is 0 Å². The molecule has 0 amide bonds. The highest BCUT2D eigenvalue weighted by Crippen LogP contribution is 2.23. The van der Waals surface area contributed by atoms with Gasteiger partial charge in [-0.15, -0.1) is 0 Å². The van der Waals surface area contributed by atoms with Crippen molar-refractivity contribution in [2.45, 2.75) is 104 Å². The topological polar surface area (TPSA) is 77.3 Å². The Bertz CT molecular complexity index is 1840. The highest BCUT2D eigenvalue weighted by Gasteiger charge is 2.12. The van der Waals surface area contributed by atoms with Crippen molar-refractivity contribution in [2.75, 3.05) is 0 Å². The lowest BCUT2D eigenvalue weighted by atomic mass is 10.0. The van der Waals surface area contributed by atoms with Crippen LogP contribution in [0.1, 0.15) is 134 Å². The third-order valence-electron chi connectivity index (χ3n) is 9.76. The van der Waals surface area contributed by atoms with Gasteiger partial charge in [0, 0.05) is 18.5 Å². The van der Waals surface area contributed by atoms with Crippen LogP contribution in [0.15, 0.2) is 131 Å². The van der Waals surface area contributed by atoms with Gasteiger partial charge >= 0.3 is 11.9 Å². The molecule has 0 heterocycles. The van der Waals surface area contributed by atoms with Gasteiger partial charge in [-0.3, -0.25) is 9.98 Å². The first-order chi connectivity index (χ1) is 27.5. The lowest BCUT2D eigenvalue weighted by molar-refractivity contribution is 0.0733. The van der Waals surface area contributed by atoms with E-state index >= 15 is 0 Å². The van der Waals surface area contributed by atoms with Crippen LogP contribution in [0.25, 0.3) is 0 Å². The Labute approximate surface area is 333 Å². The molecule has 5 rings (SSSR count). The number of nitrogens with zero attached hydrogens (tertiary/aromatic N) is 2. The summed E-state index contributed by atoms with van der Waals surface area (Å²) in [7, 11) is 0. The maximum Gasteiger partial charge on any atom is 0.343 e. The molecule has 5 aromatic carbocycles. The number of hydrogen-bond acceptors (Lipinski definition) is 6. The molecule has 0 N–H and O–H groups in total. The Hall–Kier alpha value is -5.62. The number of benzene rings is 5. The fourth-order valence-electron chi connectivity index (χ4n) is 6.36. The van der Waals surface area contributed by atoms with Crippen molar-refractivity contribution in [2.24, 2.45) is 9.98 Å². The van der Waals surface area contributed by atoms with Gasteiger partial charge in [0.2, 0.25) is 0 Å². The summed E-state index contributed by atoms with van der Waals surface area (Å²) < 4.78 is 11.2. The van der Waals surface area contributed by atoms with E-state index in [2.05, 4.69) is 48.1 Å². The van der Waals surface area contributed by atoms with Crippen LogP contribution >= 0.6 is 0 Å². The Kier molecular flexibility index (Phi) is 17.3. The van der Waals surface area contributed by atoms with E-state index in [0.717, 1.165) is 35.3 Å². The monoisotopic (exact) mass is 748 g/mol. The number of carbonyl (C=O) groups excluding carboxylic acids is 2. The number of aliphatic imine (C=N–C) groups is 2. The van der Waals surface area contributed by atoms with Gasteiger partial charge in [0.15, 0.2) is 0 Å². The number of ether oxygens (including phenoxy) is 2. The molecule has 0 aromatic heterocycles. The maximum atomic E-state index is 12.9. The van der Waals surface area contributed by atoms with Gasteiger partial charge in [-0.2, -0.15) is 0 Å². The molecule has 6 heteroatoms. The van der Waals surface area contributed by atoms with Crippen molar-refractivity contribution >= 4 is 35.7 Å². The molecule has 0 aliphatic rings. The minimum Gasteiger partial charge on any atom is -0.423 e. The van der Waals surface area contributed by atoms with Gasteiger partial charge in [0.1, 0.15) is 11.5 Å². The molecule has 5 aromatic rings. The summed E-state index contributed by atoms with van der Waals surface area (Å²) in [5.41, 5.74) is 6.99. The summed E-state index contributed by atoms with van der Waals surface area (Å²) in [6, 6.07) is 37.4. The van der Waals surface area contributed by atoms with Crippen LogP contribution < -0.4 is 9.47 Å². The zero-order valence-electron chi connectivity index (χ0n) is 33.1. The predicted octanol–water partition coefficient (Wildman–Crippen LogP) is 13.4. The van der Waals surface area contributed by atoms with E-state index in [-0.39, 0.29) is 11.5 Å². The molecule has 0 aliphatic carbocycles. The molecule has 0 saturated heterocycles. The van der Waals surface area contributed by atoms with Gasteiger partial charge in [-0.05, 0) is 109 Å². The average molecular weight is 749 g/mol. The normalized spacial score (nSPS) is 11.3. The molecule has 290 valence electrons. The number of carbonyl (C=O) groups is 2. The molecule has 0 saturated carbocycles. The van der Waals surface area contributed by atoms with Crippen LogP contribution in [0, 0.1) is 0 Å². The fraction of sp³-hybridized carbons (Fsp3) is 0.320. The Morgan fingerprint density at radius 2 is 0.839 bits per heavy atom. The average Bonchev–Trinajstić information content (AvgIpc) is 3.23. The molecule has 0 spiro atoms. The smallest absolute Gasteiger partial charge is 0.343 e. The fourth-order valence-corrected chi connectivity index (χ4v) is 6.36. The lowest BCUT2D eigenvalue weighted by Crippen LogP contribution is -2.10. The highest BCUT2D eigenvalue weighted by atomic mass is 16.5. The van der Waals surface area contributed by atoms with Crippen LogP contribution in [-0.2, 0) is 12.8 Å². The summed E-state index contributed by atoms with van der Waals surface area (Å²) in [4.78, 5) is 35.0. The van der Waals surface area contributed by atoms with E-state index in [1.807, 2.05) is 48.5 Å². The quantitative estimate of drug-likeness (QED) is 0.0306. The standard InChI is InChI=1S/C50H56N2O4/c1-3-5-7-9-11-13-16-39-24-32-45(33-25-39)51-37-41-20-28-43(29-21-41)49(53)55-47-18-15-19-48(36-47)56-50(54)44-30-22-42(23-31-44)38-52-46-34-26-40(27-35-46)17-14-12-10-8-6-4-2/h15,18-38H,3-14,16-17H2,1-2H3. The largest absolute Gasteiger partial charge is 0.423 e. The van der Waals surface area contributed by atoms with E-state index < -0.39 is 11.9 Å². The molecule has 0 bridgehead atoms. The van der Waals surface area contributed by atoms with E-state index in [1.165, 1.54) is 94.2 Å². The number of aryl methyl sites for hydroxylation is 2. The van der Waals surface area contributed by atoms with E-state index in [4.69, 9.17) is 9.47 Å². The summed E-state index contributed by atoms with van der Waals surface area (Å²) in [6.07, 6.45) is 21.3. The highest BCUT2D eigenvalue weighted by molar-refractivity contribution is 5.93. The van der Waals surface area contributed by atoms with Gasteiger partial charge in [-0.1, -0.05) is 133 Å². The number of esters is 2. The summed E-state index contributed by atoms with van der Waals surface area (Å²) >= 11 is 0. The van der Waals surface area contributed by atoms with Crippen molar-refractivity contribution in [3.05, 3.63) is 155 Å². The third-order valence-corrected chi connectivity index (χ3v) is 9.76. The summed E-state index contributed by atoms with van der Waals surface area (Å²) in [6.45, 7) is 4.49. The van der Waals surface area contributed by atoms with Crippen molar-refractivity contribution in [3.63, 3.8) is 0 Å². The molecule has 0 atom stereocenters. The van der Waals surface area contributed by atoms with Crippen LogP contribution in [-0.4, -0.2) is 24.4 Å². The molecule has 0 fully saturated rings. The molecule has 0 aliphatic heterocycles. The minimum absolute atomic E-state index is 0.271. The van der Waals surface area contributed by atoms with E-state index in [1.54, 1.807) is 54.9 Å². The zero-order valence-corrected chi connectivity index (χ0v) is 33.1. The summed E-state index contributed by atoms with van der Waals surface area (Å²) in [5, 5.41) is 0. The molecule has 0 radical (unpaired) electrons. The number of hydrogen-bond donors (Lipinski definition) is 0. The second-order valence-electron chi connectivity index (χ2n) is 14.4. The molecular formula is C50H56N2O4. The second-order valence-corrected chi connectivity index (χ2v) is 14.4. The first kappa shape index (κ1) is 41.5. The predicted molar refractivity (Wildman–Crippen MR) is 231 cm³/mol. The Morgan fingerprint density at radius 1 is 0.464 bits per heavy atom. The first-order valence-corrected chi connectivity index (χ1v) is 20.5. The molecular weight excluding hydrogens is 693 g/mol.